The molecule has 0 aromatic carbocycles. The number of amides is 1. The summed E-state index contributed by atoms with van der Waals surface area (Å²) in [6, 6.07) is 0.148. The second-order valence-corrected chi connectivity index (χ2v) is 4.64. The molecule has 3 unspecified atom stereocenters. The third-order valence-electron chi connectivity index (χ3n) is 3.51. The molecule has 0 heterocycles. The highest BCUT2D eigenvalue weighted by molar-refractivity contribution is 5.79. The maximum Gasteiger partial charge on any atom is 0.223 e. The van der Waals surface area contributed by atoms with E-state index in [1.807, 2.05) is 6.92 Å². The molecule has 1 fully saturated rings. The number of carbonyl (C=O) groups is 1. The molecule has 0 aromatic rings. The predicted octanol–water partition coefficient (Wildman–Crippen LogP) is 1.70. The van der Waals surface area contributed by atoms with Gasteiger partial charge in [-0.1, -0.05) is 20.3 Å². The van der Waals surface area contributed by atoms with Crippen molar-refractivity contribution in [3.05, 3.63) is 0 Å². The predicted molar refractivity (Wildman–Crippen MR) is 60.4 cm³/mol. The second-order valence-electron chi connectivity index (χ2n) is 4.64. The van der Waals surface area contributed by atoms with Crippen LogP contribution in [0.1, 0.15) is 46.0 Å². The van der Waals surface area contributed by atoms with E-state index < -0.39 is 0 Å². The van der Waals surface area contributed by atoms with E-state index in [9.17, 15) is 4.79 Å². The number of hydrogen-bond donors (Lipinski definition) is 2. The standard InChI is InChI=1S/C12H23NO2/c1-3-10(7-8-14)13-12(15)11-6-4-5-9(11)2/h9-11,14H,3-8H2,1-2H3,(H,13,15). The van der Waals surface area contributed by atoms with Crippen LogP contribution in [0.5, 0.6) is 0 Å². The fourth-order valence-corrected chi connectivity index (χ4v) is 2.38. The Morgan fingerprint density at radius 2 is 2.27 bits per heavy atom. The molecule has 0 bridgehead atoms. The zero-order chi connectivity index (χ0) is 11.3. The van der Waals surface area contributed by atoms with Crippen LogP contribution >= 0.6 is 0 Å². The molecule has 0 saturated heterocycles. The van der Waals surface area contributed by atoms with Gasteiger partial charge in [-0.15, -0.1) is 0 Å². The van der Waals surface area contributed by atoms with Crippen LogP contribution in [-0.2, 0) is 4.79 Å². The van der Waals surface area contributed by atoms with E-state index in [0.29, 0.717) is 12.3 Å². The average Bonchev–Trinajstić information content (AvgIpc) is 2.63. The van der Waals surface area contributed by atoms with Gasteiger partial charge in [0.2, 0.25) is 5.91 Å². The molecular formula is C12H23NO2. The van der Waals surface area contributed by atoms with Crippen LogP contribution < -0.4 is 5.32 Å². The maximum atomic E-state index is 11.9. The molecule has 0 aromatic heterocycles. The van der Waals surface area contributed by atoms with Crippen LogP contribution in [0.4, 0.5) is 0 Å². The molecule has 0 aliphatic heterocycles. The van der Waals surface area contributed by atoms with Gasteiger partial charge in [0, 0.05) is 18.6 Å². The summed E-state index contributed by atoms with van der Waals surface area (Å²) in [6.45, 7) is 4.35. The Hall–Kier alpha value is -0.570. The van der Waals surface area contributed by atoms with Gasteiger partial charge in [-0.3, -0.25) is 4.79 Å². The van der Waals surface area contributed by atoms with Crippen molar-refractivity contribution in [1.29, 1.82) is 0 Å². The summed E-state index contributed by atoms with van der Waals surface area (Å²) in [6.07, 6.45) is 4.95. The number of rotatable bonds is 5. The molecule has 1 saturated carbocycles. The Balaban J connectivity index is 2.39. The largest absolute Gasteiger partial charge is 0.396 e. The zero-order valence-corrected chi connectivity index (χ0v) is 9.83. The topological polar surface area (TPSA) is 49.3 Å². The molecule has 1 amide bonds. The van der Waals surface area contributed by atoms with E-state index in [-0.39, 0.29) is 24.5 Å². The molecule has 1 aliphatic rings. The summed E-state index contributed by atoms with van der Waals surface area (Å²) in [5, 5.41) is 11.9. The van der Waals surface area contributed by atoms with Crippen molar-refractivity contribution in [1.82, 2.24) is 5.32 Å². The monoisotopic (exact) mass is 213 g/mol. The molecular weight excluding hydrogens is 190 g/mol. The number of hydrogen-bond acceptors (Lipinski definition) is 2. The first-order valence-corrected chi connectivity index (χ1v) is 6.10. The molecule has 1 aliphatic carbocycles. The Bertz CT molecular complexity index is 206. The summed E-state index contributed by atoms with van der Waals surface area (Å²) in [5.74, 6) is 0.926. The van der Waals surface area contributed by atoms with Crippen molar-refractivity contribution in [2.75, 3.05) is 6.61 Å². The van der Waals surface area contributed by atoms with Crippen molar-refractivity contribution < 1.29 is 9.90 Å². The first-order valence-electron chi connectivity index (χ1n) is 6.10. The minimum atomic E-state index is 0.148. The minimum absolute atomic E-state index is 0.148. The van der Waals surface area contributed by atoms with Gasteiger partial charge in [0.05, 0.1) is 0 Å². The lowest BCUT2D eigenvalue weighted by Crippen LogP contribution is -2.39. The van der Waals surface area contributed by atoms with E-state index in [1.165, 1.54) is 12.8 Å². The summed E-state index contributed by atoms with van der Waals surface area (Å²) in [4.78, 5) is 11.9. The lowest BCUT2D eigenvalue weighted by molar-refractivity contribution is -0.126. The number of aliphatic hydroxyl groups excluding tert-OH is 1. The maximum absolute atomic E-state index is 11.9. The summed E-state index contributed by atoms with van der Waals surface area (Å²) in [5.41, 5.74) is 0. The van der Waals surface area contributed by atoms with Crippen LogP contribution in [0.15, 0.2) is 0 Å². The minimum Gasteiger partial charge on any atom is -0.396 e. The Morgan fingerprint density at radius 3 is 2.73 bits per heavy atom. The number of nitrogens with one attached hydrogen (secondary N) is 1. The fourth-order valence-electron chi connectivity index (χ4n) is 2.38. The highest BCUT2D eigenvalue weighted by Gasteiger charge is 2.30. The van der Waals surface area contributed by atoms with Crippen LogP contribution in [0.25, 0.3) is 0 Å². The van der Waals surface area contributed by atoms with E-state index in [1.54, 1.807) is 0 Å². The van der Waals surface area contributed by atoms with Gasteiger partial charge in [0.25, 0.3) is 0 Å². The zero-order valence-electron chi connectivity index (χ0n) is 9.83. The summed E-state index contributed by atoms with van der Waals surface area (Å²) < 4.78 is 0. The molecule has 3 atom stereocenters. The van der Waals surface area contributed by atoms with Gasteiger partial charge in [-0.25, -0.2) is 0 Å². The third kappa shape index (κ3) is 3.49. The summed E-state index contributed by atoms with van der Waals surface area (Å²) >= 11 is 0. The average molecular weight is 213 g/mol. The molecule has 2 N–H and O–H groups in total. The molecule has 1 rings (SSSR count). The molecule has 15 heavy (non-hydrogen) atoms. The molecule has 0 radical (unpaired) electrons. The van der Waals surface area contributed by atoms with Gasteiger partial charge in [-0.2, -0.15) is 0 Å². The Morgan fingerprint density at radius 1 is 1.53 bits per heavy atom. The fraction of sp³-hybridized carbons (Fsp3) is 0.917. The van der Waals surface area contributed by atoms with E-state index in [4.69, 9.17) is 5.11 Å². The van der Waals surface area contributed by atoms with Crippen LogP contribution in [0.2, 0.25) is 0 Å². The molecule has 3 heteroatoms. The number of carbonyl (C=O) groups excluding carboxylic acids is 1. The lowest BCUT2D eigenvalue weighted by Gasteiger charge is -2.20. The van der Waals surface area contributed by atoms with Crippen molar-refractivity contribution in [2.24, 2.45) is 11.8 Å². The van der Waals surface area contributed by atoms with Gasteiger partial charge in [0.1, 0.15) is 0 Å². The Labute approximate surface area is 92.3 Å². The van der Waals surface area contributed by atoms with E-state index in [2.05, 4.69) is 12.2 Å². The van der Waals surface area contributed by atoms with Gasteiger partial charge >= 0.3 is 0 Å². The van der Waals surface area contributed by atoms with E-state index >= 15 is 0 Å². The number of aliphatic hydroxyl groups is 1. The first kappa shape index (κ1) is 12.5. The van der Waals surface area contributed by atoms with Crippen LogP contribution in [0.3, 0.4) is 0 Å². The van der Waals surface area contributed by atoms with Crippen LogP contribution in [-0.4, -0.2) is 23.7 Å². The Kier molecular flexibility index (Phi) is 5.09. The van der Waals surface area contributed by atoms with Gasteiger partial charge in [-0.05, 0) is 31.6 Å². The highest BCUT2D eigenvalue weighted by Crippen LogP contribution is 2.31. The SMILES string of the molecule is CCC(CCO)NC(=O)C1CCCC1C. The lowest BCUT2D eigenvalue weighted by atomic mass is 9.96. The van der Waals surface area contributed by atoms with Gasteiger partial charge in [0.15, 0.2) is 0 Å². The quantitative estimate of drug-likeness (QED) is 0.730. The first-order chi connectivity index (χ1) is 7.19. The smallest absolute Gasteiger partial charge is 0.223 e. The van der Waals surface area contributed by atoms with Crippen LogP contribution in [0, 0.1) is 11.8 Å². The molecule has 0 spiro atoms. The van der Waals surface area contributed by atoms with E-state index in [0.717, 1.165) is 12.8 Å². The van der Waals surface area contributed by atoms with Crippen molar-refractivity contribution in [2.45, 2.75) is 52.0 Å². The second kappa shape index (κ2) is 6.11. The van der Waals surface area contributed by atoms with Crippen molar-refractivity contribution >= 4 is 5.91 Å². The summed E-state index contributed by atoms with van der Waals surface area (Å²) in [7, 11) is 0. The third-order valence-corrected chi connectivity index (χ3v) is 3.51. The highest BCUT2D eigenvalue weighted by atomic mass is 16.3. The van der Waals surface area contributed by atoms with Crippen molar-refractivity contribution in [3.8, 4) is 0 Å². The normalized spacial score (nSPS) is 27.7. The van der Waals surface area contributed by atoms with Crippen molar-refractivity contribution in [3.63, 3.8) is 0 Å². The van der Waals surface area contributed by atoms with Gasteiger partial charge < -0.3 is 10.4 Å². The molecule has 3 nitrogen and oxygen atoms in total. The molecule has 88 valence electrons.